The first-order chi connectivity index (χ1) is 14.5. The van der Waals surface area contributed by atoms with Crippen LogP contribution in [0.1, 0.15) is 81.1 Å². The van der Waals surface area contributed by atoms with Gasteiger partial charge in [0.1, 0.15) is 0 Å². The van der Waals surface area contributed by atoms with Crippen molar-refractivity contribution >= 4 is 66.8 Å². The minimum absolute atomic E-state index is 0.0460. The van der Waals surface area contributed by atoms with E-state index < -0.39 is 41.1 Å². The lowest BCUT2D eigenvalue weighted by molar-refractivity contribution is -0.0227. The molecule has 0 aliphatic rings. The lowest BCUT2D eigenvalue weighted by Gasteiger charge is -2.32. The Morgan fingerprint density at radius 2 is 1.03 bits per heavy atom. The zero-order valence-electron chi connectivity index (χ0n) is 20.9. The molecule has 0 radical (unpaired) electrons. The molecular formula is C20H40Cl4N2O5S2. The maximum atomic E-state index is 12.9. The van der Waals surface area contributed by atoms with Gasteiger partial charge in [-0.2, -0.15) is 0 Å². The van der Waals surface area contributed by atoms with Crippen molar-refractivity contribution in [2.45, 2.75) is 102 Å². The van der Waals surface area contributed by atoms with Gasteiger partial charge in [0.05, 0.1) is 27.6 Å². The van der Waals surface area contributed by atoms with E-state index in [4.69, 9.17) is 51.8 Å². The largest absolute Gasteiger partial charge is 0.375 e. The molecule has 0 saturated carbocycles. The number of hydrogen-bond donors (Lipinski definition) is 0. The third-order valence-corrected chi connectivity index (χ3v) is 12.1. The summed E-state index contributed by atoms with van der Waals surface area (Å²) in [6.07, 6.45) is 1.12. The maximum Gasteiger partial charge on any atom is 0.155 e. The molecule has 0 fully saturated rings. The second-order valence-corrected chi connectivity index (χ2v) is 17.7. The average Bonchev–Trinajstić information content (AvgIpc) is 2.63. The number of sulfone groups is 2. The molecule has 0 aromatic carbocycles. The standard InChI is InChI=1S/C20H40Cl4N2O5S2/c1-17(2,25(21)22)10-14-32(27,28)15-12-19(5,6)31-13-9-20(7,8)33(29,30)16-11-18(3,4)26(23)24/h9-16H2,1-8H3. The number of nitrogens with zero attached hydrogens (tertiary/aromatic N) is 2. The summed E-state index contributed by atoms with van der Waals surface area (Å²) in [6.45, 7) is 14.1. The third-order valence-electron chi connectivity index (χ3n) is 5.98. The highest BCUT2D eigenvalue weighted by Gasteiger charge is 2.37. The normalized spacial score (nSPS) is 15.0. The van der Waals surface area contributed by atoms with Crippen LogP contribution in [0.2, 0.25) is 0 Å². The number of hydrogen-bond acceptors (Lipinski definition) is 7. The van der Waals surface area contributed by atoms with Crippen LogP contribution < -0.4 is 0 Å². The summed E-state index contributed by atoms with van der Waals surface area (Å²) in [6, 6.07) is 0. The van der Waals surface area contributed by atoms with Crippen molar-refractivity contribution in [3.63, 3.8) is 0 Å². The summed E-state index contributed by atoms with van der Waals surface area (Å²) in [4.78, 5) is 0. The van der Waals surface area contributed by atoms with Crippen molar-refractivity contribution in [3.8, 4) is 0 Å². The molecule has 0 N–H and O–H groups in total. The van der Waals surface area contributed by atoms with Crippen LogP contribution >= 0.6 is 47.1 Å². The third kappa shape index (κ3) is 12.2. The van der Waals surface area contributed by atoms with Crippen molar-refractivity contribution in [2.24, 2.45) is 0 Å². The zero-order chi connectivity index (χ0) is 26.5. The molecule has 0 saturated heterocycles. The zero-order valence-corrected chi connectivity index (χ0v) is 25.6. The lowest BCUT2D eigenvalue weighted by atomic mass is 10.0. The van der Waals surface area contributed by atoms with Crippen LogP contribution in [0.5, 0.6) is 0 Å². The molecule has 13 heteroatoms. The molecule has 0 atom stereocenters. The van der Waals surface area contributed by atoms with Gasteiger partial charge < -0.3 is 4.74 Å². The van der Waals surface area contributed by atoms with Crippen molar-refractivity contribution < 1.29 is 21.6 Å². The van der Waals surface area contributed by atoms with E-state index in [1.54, 1.807) is 55.4 Å². The molecular weight excluding hydrogens is 554 g/mol. The smallest absolute Gasteiger partial charge is 0.155 e. The Morgan fingerprint density at radius 3 is 1.45 bits per heavy atom. The van der Waals surface area contributed by atoms with Gasteiger partial charge in [0, 0.05) is 17.7 Å². The summed E-state index contributed by atoms with van der Waals surface area (Å²) >= 11 is 23.1. The fourth-order valence-corrected chi connectivity index (χ4v) is 6.41. The van der Waals surface area contributed by atoms with Gasteiger partial charge in [-0.15, -0.1) is 7.88 Å². The Hall–Kier alpha value is 0.940. The van der Waals surface area contributed by atoms with E-state index in [9.17, 15) is 16.8 Å². The number of rotatable bonds is 16. The molecule has 0 aromatic heterocycles. The second kappa shape index (κ2) is 12.5. The molecule has 0 bridgehead atoms. The lowest BCUT2D eigenvalue weighted by Crippen LogP contribution is -2.40. The van der Waals surface area contributed by atoms with Crippen LogP contribution in [-0.2, 0) is 24.4 Å². The van der Waals surface area contributed by atoms with E-state index in [0.29, 0.717) is 0 Å². The minimum atomic E-state index is -3.45. The summed E-state index contributed by atoms with van der Waals surface area (Å²) in [5.41, 5.74) is -2.08. The maximum absolute atomic E-state index is 12.9. The molecule has 200 valence electrons. The Morgan fingerprint density at radius 1 is 0.636 bits per heavy atom. The van der Waals surface area contributed by atoms with E-state index in [1.165, 1.54) is 0 Å². The van der Waals surface area contributed by atoms with Gasteiger partial charge in [-0.3, -0.25) is 0 Å². The summed E-state index contributed by atoms with van der Waals surface area (Å²) in [5, 5.41) is 0. The number of halogens is 4. The fraction of sp³-hybridized carbons (Fsp3) is 1.00. The van der Waals surface area contributed by atoms with E-state index in [1.807, 2.05) is 0 Å². The van der Waals surface area contributed by atoms with Gasteiger partial charge in [0.25, 0.3) is 0 Å². The Kier molecular flexibility index (Phi) is 12.8. The van der Waals surface area contributed by atoms with E-state index in [2.05, 4.69) is 0 Å². The molecule has 33 heavy (non-hydrogen) atoms. The van der Waals surface area contributed by atoms with Gasteiger partial charge in [-0.25, -0.2) is 16.8 Å². The summed E-state index contributed by atoms with van der Waals surface area (Å²) < 4.78 is 57.5. The highest BCUT2D eigenvalue weighted by Crippen LogP contribution is 2.29. The summed E-state index contributed by atoms with van der Waals surface area (Å²) in [7, 11) is -6.79. The van der Waals surface area contributed by atoms with Gasteiger partial charge >= 0.3 is 0 Å². The van der Waals surface area contributed by atoms with Crippen molar-refractivity contribution in [2.75, 3.05) is 23.9 Å². The molecule has 0 aliphatic heterocycles. The first kappa shape index (κ1) is 33.9. The molecule has 0 unspecified atom stereocenters. The van der Waals surface area contributed by atoms with Crippen molar-refractivity contribution in [1.29, 1.82) is 0 Å². The first-order valence-corrected chi connectivity index (χ1v) is 15.6. The van der Waals surface area contributed by atoms with Gasteiger partial charge in [-0.1, -0.05) is 0 Å². The van der Waals surface area contributed by atoms with E-state index >= 15 is 0 Å². The van der Waals surface area contributed by atoms with Crippen LogP contribution in [0.15, 0.2) is 0 Å². The molecule has 0 aromatic rings. The minimum Gasteiger partial charge on any atom is -0.375 e. The fourth-order valence-electron chi connectivity index (χ4n) is 2.54. The van der Waals surface area contributed by atoms with Gasteiger partial charge in [0.15, 0.2) is 19.7 Å². The Bertz CT molecular complexity index is 827. The average molecular weight is 594 g/mol. The SMILES string of the molecule is CC(C)(CCS(=O)(=O)CCC(C)(C)N(Cl)Cl)OCCC(C)(C)S(=O)(=O)CCC(C)(C)N(Cl)Cl. The number of ether oxygens (including phenoxy) is 1. The molecule has 0 aliphatic carbocycles. The van der Waals surface area contributed by atoms with Crippen LogP contribution in [0.3, 0.4) is 0 Å². The Labute approximate surface area is 221 Å². The van der Waals surface area contributed by atoms with Crippen LogP contribution in [-0.4, -0.2) is 70.0 Å². The van der Waals surface area contributed by atoms with Gasteiger partial charge in [0.2, 0.25) is 0 Å². The van der Waals surface area contributed by atoms with Crippen molar-refractivity contribution in [1.82, 2.24) is 7.88 Å². The molecule has 0 spiro atoms. The topological polar surface area (TPSA) is 84.0 Å². The summed E-state index contributed by atoms with van der Waals surface area (Å²) in [5.74, 6) is -0.163. The predicted molar refractivity (Wildman–Crippen MR) is 140 cm³/mol. The highest BCUT2D eigenvalue weighted by molar-refractivity contribution is 7.92. The first-order valence-electron chi connectivity index (χ1n) is 10.8. The predicted octanol–water partition coefficient (Wildman–Crippen LogP) is 5.73. The van der Waals surface area contributed by atoms with Crippen LogP contribution in [0.25, 0.3) is 0 Å². The van der Waals surface area contributed by atoms with E-state index in [0.717, 1.165) is 7.88 Å². The Balaban J connectivity index is 4.78. The van der Waals surface area contributed by atoms with Crippen molar-refractivity contribution in [3.05, 3.63) is 0 Å². The molecule has 0 heterocycles. The quantitative estimate of drug-likeness (QED) is 0.211. The molecule has 0 rings (SSSR count). The van der Waals surface area contributed by atoms with E-state index in [-0.39, 0.29) is 49.5 Å². The molecule has 7 nitrogen and oxygen atoms in total. The molecule has 0 amide bonds. The highest BCUT2D eigenvalue weighted by atomic mass is 35.5. The van der Waals surface area contributed by atoms with Gasteiger partial charge in [-0.05, 0) is 128 Å². The van der Waals surface area contributed by atoms with Crippen LogP contribution in [0, 0.1) is 0 Å². The van der Waals surface area contributed by atoms with Crippen LogP contribution in [0.4, 0.5) is 0 Å². The second-order valence-electron chi connectivity index (χ2n) is 10.9. The monoisotopic (exact) mass is 592 g/mol.